The number of oxime groups is 1. The van der Waals surface area contributed by atoms with E-state index in [4.69, 9.17) is 28.5 Å². The van der Waals surface area contributed by atoms with Crippen molar-refractivity contribution in [1.82, 2.24) is 29.9 Å². The lowest BCUT2D eigenvalue weighted by Gasteiger charge is -2.47. The Morgan fingerprint density at radius 1 is 1.10 bits per heavy atom. The molecular formula is C45H71N7O10. The molecule has 0 saturated carbocycles. The molecule has 0 radical (unpaired) electrons. The lowest BCUT2D eigenvalue weighted by molar-refractivity contribution is -0.295. The molecule has 62 heavy (non-hydrogen) atoms. The van der Waals surface area contributed by atoms with Crippen molar-refractivity contribution >= 4 is 23.6 Å². The number of hydrogen-bond donors (Lipinski definition) is 2. The number of aliphatic hydroxyl groups is 1. The number of nitrogens with zero attached hydrogens (tertiary/aromatic N) is 6. The Balaban J connectivity index is 1.51. The number of hydrogen-bond acceptors (Lipinski definition) is 15. The number of hydrazine groups is 1. The molecule has 0 unspecified atom stereocenters. The molecule has 3 aliphatic rings. The number of cyclic esters (lactones) is 1. The summed E-state index contributed by atoms with van der Waals surface area (Å²) in [4.78, 5) is 59.1. The highest BCUT2D eigenvalue weighted by molar-refractivity contribution is 6.00. The zero-order chi connectivity index (χ0) is 45.9. The van der Waals surface area contributed by atoms with Crippen molar-refractivity contribution in [2.24, 2.45) is 28.8 Å². The number of esters is 1. The van der Waals surface area contributed by atoms with Crippen LogP contribution in [0.15, 0.2) is 42.2 Å². The zero-order valence-electron chi connectivity index (χ0n) is 39.2. The second kappa shape index (κ2) is 19.8. The van der Waals surface area contributed by atoms with Crippen molar-refractivity contribution in [3.63, 3.8) is 0 Å². The van der Waals surface area contributed by atoms with Crippen molar-refractivity contribution < 1.29 is 48.0 Å². The zero-order valence-corrected chi connectivity index (χ0v) is 39.2. The molecule has 1 amide bonds. The Morgan fingerprint density at radius 3 is 2.42 bits per heavy atom. The summed E-state index contributed by atoms with van der Waals surface area (Å²) in [6, 6.07) is 2.78. The first-order valence-corrected chi connectivity index (χ1v) is 21.9. The number of pyridine rings is 1. The number of aromatic nitrogens is 3. The van der Waals surface area contributed by atoms with Gasteiger partial charge in [0.25, 0.3) is 0 Å². The third kappa shape index (κ3) is 10.0. The van der Waals surface area contributed by atoms with E-state index < -0.39 is 88.9 Å². The second-order valence-corrected chi connectivity index (χ2v) is 18.7. The average Bonchev–Trinajstić information content (AvgIpc) is 3.84. The Bertz CT molecular complexity index is 1880. The molecule has 3 fully saturated rings. The molecule has 0 spiro atoms. The van der Waals surface area contributed by atoms with Gasteiger partial charge in [-0.3, -0.25) is 14.6 Å². The summed E-state index contributed by atoms with van der Waals surface area (Å²) in [5, 5.41) is 17.6. The number of imidazole rings is 1. The normalized spacial score (nSPS) is 36.0. The summed E-state index contributed by atoms with van der Waals surface area (Å²) in [6.45, 7) is 19.1. The van der Waals surface area contributed by atoms with Gasteiger partial charge in [-0.2, -0.15) is 0 Å². The first kappa shape index (κ1) is 49.0. The van der Waals surface area contributed by atoms with E-state index in [2.05, 4.69) is 34.4 Å². The van der Waals surface area contributed by atoms with Gasteiger partial charge in [-0.15, -0.1) is 0 Å². The van der Waals surface area contributed by atoms with E-state index in [9.17, 15) is 19.5 Å². The predicted molar refractivity (Wildman–Crippen MR) is 232 cm³/mol. The van der Waals surface area contributed by atoms with Gasteiger partial charge in [0.1, 0.15) is 31.3 Å². The van der Waals surface area contributed by atoms with Crippen LogP contribution in [0.4, 0.5) is 4.79 Å². The minimum absolute atomic E-state index is 0.251. The van der Waals surface area contributed by atoms with E-state index in [-0.39, 0.29) is 25.0 Å². The number of aliphatic hydroxyl groups excluding tert-OH is 1. The molecule has 346 valence electrons. The predicted octanol–water partition coefficient (Wildman–Crippen LogP) is 5.21. The number of Topliss-reactive ketones (excluding diaryl/α,β-unsaturated/α-hetero) is 1. The fraction of sp³-hybridized carbons (Fsp3) is 0.733. The van der Waals surface area contributed by atoms with Crippen LogP contribution >= 0.6 is 0 Å². The summed E-state index contributed by atoms with van der Waals surface area (Å²) < 4.78 is 33.8. The summed E-state index contributed by atoms with van der Waals surface area (Å²) in [6.07, 6.45) is 3.96. The van der Waals surface area contributed by atoms with Gasteiger partial charge in [0.15, 0.2) is 17.7 Å². The number of amides is 1. The van der Waals surface area contributed by atoms with Crippen LogP contribution in [0.2, 0.25) is 0 Å². The lowest BCUT2D eigenvalue weighted by atomic mass is 9.73. The van der Waals surface area contributed by atoms with Gasteiger partial charge >= 0.3 is 12.1 Å². The third-order valence-corrected chi connectivity index (χ3v) is 13.6. The Labute approximate surface area is 367 Å². The number of nitrogens with one attached hydrogen (secondary N) is 1. The number of ether oxygens (including phenoxy) is 5. The Hall–Kier alpha value is -4.00. The van der Waals surface area contributed by atoms with Crippen LogP contribution in [0, 0.1) is 23.7 Å². The molecule has 0 bridgehead atoms. The fourth-order valence-corrected chi connectivity index (χ4v) is 9.75. The number of rotatable bonds is 12. The maximum atomic E-state index is 14.5. The smallest absolute Gasteiger partial charge is 0.425 e. The van der Waals surface area contributed by atoms with Gasteiger partial charge in [-0.05, 0) is 93.5 Å². The molecule has 0 aromatic carbocycles. The molecule has 3 saturated heterocycles. The SMILES string of the molecule is CC[C@H]1OC(=O)[C@H](C)C(=O)[C@H](C)[C@@H](O[C@@H]2O[C@H](C)C[C@H](N(C)C)[C@H]2O)[C@](C)(OC)C[C@@H](C)/C(=N\OC)[C@H](C)[C@@H]2N(NCCC(C)(C)n3cnc(-c4cccnc4)c3)C(=O)O[C@@]21C. The van der Waals surface area contributed by atoms with Crippen molar-refractivity contribution in [1.29, 1.82) is 0 Å². The molecule has 17 nitrogen and oxygen atoms in total. The second-order valence-electron chi connectivity index (χ2n) is 18.7. The summed E-state index contributed by atoms with van der Waals surface area (Å²) in [5.74, 6) is -4.29. The highest BCUT2D eigenvalue weighted by Gasteiger charge is 2.60. The molecular weight excluding hydrogens is 799 g/mol. The Morgan fingerprint density at radius 2 is 1.81 bits per heavy atom. The maximum absolute atomic E-state index is 14.5. The standard InChI is InChI=1S/C45H71N7O10/c1-15-34-45(10)38(52(42(56)62-45)48-20-18-43(7,8)51-24-32(47-25-51)31-17-16-19-46-23-31)28(4)35(49-58-14)26(2)22-44(9,57-13)39(29(5)36(53)30(6)40(55)60-34)61-41-37(54)33(50(11)12)21-27(3)59-41/h16-17,19,23-30,33-34,37-39,41,48,54H,15,18,20-22H2,1-14H3/b49-35+/t26-,27-,28+,29+,30-,33+,34-,37-,38+,39-,41+,44-,45-/m1/s1. The Kier molecular flexibility index (Phi) is 15.7. The van der Waals surface area contributed by atoms with Crippen LogP contribution in [-0.4, -0.2) is 142 Å². The highest BCUT2D eigenvalue weighted by Crippen LogP contribution is 2.43. The molecule has 5 heterocycles. The summed E-state index contributed by atoms with van der Waals surface area (Å²) >= 11 is 0. The van der Waals surface area contributed by atoms with Gasteiger partial charge in [0.05, 0.1) is 35.5 Å². The van der Waals surface area contributed by atoms with Gasteiger partial charge in [-0.1, -0.05) is 32.9 Å². The van der Waals surface area contributed by atoms with E-state index in [1.165, 1.54) is 19.0 Å². The molecule has 5 rings (SSSR count). The fourth-order valence-electron chi connectivity index (χ4n) is 9.75. The summed E-state index contributed by atoms with van der Waals surface area (Å²) in [5.41, 5.74) is 2.63. The van der Waals surface area contributed by atoms with Crippen molar-refractivity contribution in [3.05, 3.63) is 37.1 Å². The number of fused-ring (bicyclic) bond motifs is 1. The van der Waals surface area contributed by atoms with Gasteiger partial charge in [-0.25, -0.2) is 20.2 Å². The van der Waals surface area contributed by atoms with Crippen molar-refractivity contribution in [2.45, 2.75) is 154 Å². The first-order valence-electron chi connectivity index (χ1n) is 21.9. The third-order valence-electron chi connectivity index (χ3n) is 13.6. The largest absolute Gasteiger partial charge is 0.458 e. The number of carbonyl (C=O) groups excluding carboxylic acids is 3. The van der Waals surface area contributed by atoms with Gasteiger partial charge in [0.2, 0.25) is 0 Å². The van der Waals surface area contributed by atoms with Crippen LogP contribution in [0.5, 0.6) is 0 Å². The average molecular weight is 870 g/mol. The molecule has 3 aliphatic heterocycles. The van der Waals surface area contributed by atoms with Crippen molar-refractivity contribution in [3.8, 4) is 11.3 Å². The van der Waals surface area contributed by atoms with Crippen LogP contribution in [0.25, 0.3) is 11.3 Å². The van der Waals surface area contributed by atoms with Crippen LogP contribution < -0.4 is 5.43 Å². The number of carbonyl (C=O) groups is 3. The highest BCUT2D eigenvalue weighted by atomic mass is 16.7. The van der Waals surface area contributed by atoms with E-state index in [0.29, 0.717) is 25.1 Å². The maximum Gasteiger partial charge on any atom is 0.425 e. The minimum Gasteiger partial charge on any atom is -0.458 e. The number of ketones is 1. The van der Waals surface area contributed by atoms with Crippen molar-refractivity contribution in [2.75, 3.05) is 34.9 Å². The molecule has 0 aliphatic carbocycles. The topological polar surface area (TPSA) is 188 Å². The summed E-state index contributed by atoms with van der Waals surface area (Å²) in [7, 11) is 6.79. The molecule has 13 atom stereocenters. The van der Waals surface area contributed by atoms with Gasteiger partial charge < -0.3 is 43.1 Å². The molecule has 17 heteroatoms. The van der Waals surface area contributed by atoms with Gasteiger partial charge in [0, 0.05) is 67.1 Å². The molecule has 2 aromatic rings. The monoisotopic (exact) mass is 870 g/mol. The van der Waals surface area contributed by atoms with E-state index in [0.717, 1.165) is 11.3 Å². The minimum atomic E-state index is -1.40. The first-order chi connectivity index (χ1) is 29.1. The van der Waals surface area contributed by atoms with E-state index >= 15 is 0 Å². The molecule has 2 aromatic heterocycles. The van der Waals surface area contributed by atoms with E-state index in [1.807, 2.05) is 76.5 Å². The quantitative estimate of drug-likeness (QED) is 0.161. The number of likely N-dealkylation sites (N-methyl/N-ethyl adjacent to an activating group) is 1. The lowest BCUT2D eigenvalue weighted by Crippen LogP contribution is -2.61. The van der Waals surface area contributed by atoms with Crippen LogP contribution in [0.3, 0.4) is 0 Å². The van der Waals surface area contributed by atoms with Crippen LogP contribution in [-0.2, 0) is 43.6 Å². The van der Waals surface area contributed by atoms with Crippen LogP contribution in [0.1, 0.15) is 94.9 Å². The van der Waals surface area contributed by atoms with E-state index in [1.54, 1.807) is 39.7 Å². The number of methoxy groups -OCH3 is 1. The molecule has 2 N–H and O–H groups in total.